The minimum atomic E-state index is -1.04. The lowest BCUT2D eigenvalue weighted by molar-refractivity contribution is 0.0695. The average molecular weight is 220 g/mol. The van der Waals surface area contributed by atoms with Gasteiger partial charge in [-0.05, 0) is 12.1 Å². The minimum Gasteiger partial charge on any atom is -0.494 e. The van der Waals surface area contributed by atoms with Crippen LogP contribution in [0.4, 0.5) is 5.69 Å². The molecule has 0 aliphatic carbocycles. The summed E-state index contributed by atoms with van der Waals surface area (Å²) < 4.78 is 6.86. The average Bonchev–Trinajstić information content (AvgIpc) is 2.58. The second-order valence-electron chi connectivity index (χ2n) is 3.54. The van der Waals surface area contributed by atoms with Gasteiger partial charge in [0, 0.05) is 18.6 Å². The zero-order valence-electron chi connectivity index (χ0n) is 9.02. The normalized spacial score (nSPS) is 10.6. The van der Waals surface area contributed by atoms with Gasteiger partial charge in [0.05, 0.1) is 18.3 Å². The smallest absolute Gasteiger partial charge is 0.340 e. The molecule has 84 valence electrons. The summed E-state index contributed by atoms with van der Waals surface area (Å²) in [5.41, 5.74) is 6.97. The molecule has 2 rings (SSSR count). The van der Waals surface area contributed by atoms with Crippen molar-refractivity contribution >= 4 is 22.6 Å². The topological polar surface area (TPSA) is 77.5 Å². The van der Waals surface area contributed by atoms with Gasteiger partial charge in [-0.15, -0.1) is 0 Å². The van der Waals surface area contributed by atoms with E-state index in [1.54, 1.807) is 18.3 Å². The summed E-state index contributed by atoms with van der Waals surface area (Å²) in [4.78, 5) is 11.2. The van der Waals surface area contributed by atoms with E-state index in [-0.39, 0.29) is 11.3 Å². The molecule has 1 aromatic carbocycles. The molecule has 0 radical (unpaired) electrons. The molecule has 1 aromatic heterocycles. The molecule has 0 bridgehead atoms. The number of carbonyl (C=O) groups is 1. The van der Waals surface area contributed by atoms with Crippen molar-refractivity contribution in [1.82, 2.24) is 4.57 Å². The van der Waals surface area contributed by atoms with Crippen LogP contribution < -0.4 is 10.5 Å². The zero-order chi connectivity index (χ0) is 11.9. The summed E-state index contributed by atoms with van der Waals surface area (Å²) in [6, 6.07) is 3.45. The third kappa shape index (κ3) is 1.29. The van der Waals surface area contributed by atoms with E-state index in [9.17, 15) is 9.90 Å². The van der Waals surface area contributed by atoms with Gasteiger partial charge in [0.2, 0.25) is 0 Å². The number of benzene rings is 1. The van der Waals surface area contributed by atoms with Gasteiger partial charge in [0.1, 0.15) is 5.56 Å². The molecule has 16 heavy (non-hydrogen) atoms. The first-order valence-electron chi connectivity index (χ1n) is 4.71. The predicted octanol–water partition coefficient (Wildman–Crippen LogP) is 1.47. The predicted molar refractivity (Wildman–Crippen MR) is 60.8 cm³/mol. The fourth-order valence-electron chi connectivity index (χ4n) is 1.84. The fraction of sp³-hybridized carbons (Fsp3) is 0.182. The number of carboxylic acid groups (broad SMARTS) is 1. The SMILES string of the molecule is COc1c(N)cc2c(ccn2C)c1C(=O)O. The van der Waals surface area contributed by atoms with E-state index in [1.165, 1.54) is 7.11 Å². The first kappa shape index (κ1) is 10.4. The van der Waals surface area contributed by atoms with E-state index in [1.807, 2.05) is 11.6 Å². The highest BCUT2D eigenvalue weighted by atomic mass is 16.5. The Morgan fingerprint density at radius 2 is 2.25 bits per heavy atom. The number of hydrogen-bond donors (Lipinski definition) is 2. The number of aryl methyl sites for hydroxylation is 1. The Hall–Kier alpha value is -2.17. The highest BCUT2D eigenvalue weighted by Gasteiger charge is 2.19. The van der Waals surface area contributed by atoms with Crippen molar-refractivity contribution in [3.8, 4) is 5.75 Å². The van der Waals surface area contributed by atoms with E-state index < -0.39 is 5.97 Å². The number of fused-ring (bicyclic) bond motifs is 1. The highest BCUT2D eigenvalue weighted by Crippen LogP contribution is 2.34. The van der Waals surface area contributed by atoms with Crippen molar-refractivity contribution in [2.75, 3.05) is 12.8 Å². The van der Waals surface area contributed by atoms with Gasteiger partial charge in [-0.1, -0.05) is 0 Å². The number of nitrogens with zero attached hydrogens (tertiary/aromatic N) is 1. The van der Waals surface area contributed by atoms with Crippen molar-refractivity contribution in [3.05, 3.63) is 23.9 Å². The van der Waals surface area contributed by atoms with Gasteiger partial charge in [-0.3, -0.25) is 0 Å². The Kier molecular flexibility index (Phi) is 2.23. The van der Waals surface area contributed by atoms with E-state index in [2.05, 4.69) is 0 Å². The maximum atomic E-state index is 11.2. The molecule has 0 aliphatic rings. The van der Waals surface area contributed by atoms with Crippen molar-refractivity contribution in [1.29, 1.82) is 0 Å². The number of hydrogen-bond acceptors (Lipinski definition) is 3. The third-order valence-corrected chi connectivity index (χ3v) is 2.59. The van der Waals surface area contributed by atoms with Crippen molar-refractivity contribution in [2.45, 2.75) is 0 Å². The molecule has 2 aromatic rings. The van der Waals surface area contributed by atoms with Crippen LogP contribution in [0, 0.1) is 0 Å². The molecule has 5 heteroatoms. The standard InChI is InChI=1S/C11H12N2O3/c1-13-4-3-6-8(13)5-7(12)10(16-2)9(6)11(14)15/h3-5H,12H2,1-2H3,(H,14,15). The number of carboxylic acids is 1. The second-order valence-corrected chi connectivity index (χ2v) is 3.54. The molecule has 1 heterocycles. The van der Waals surface area contributed by atoms with Gasteiger partial charge in [0.25, 0.3) is 0 Å². The Labute approximate surface area is 92.0 Å². The second kappa shape index (κ2) is 3.44. The van der Waals surface area contributed by atoms with Crippen LogP contribution in [0.15, 0.2) is 18.3 Å². The lowest BCUT2D eigenvalue weighted by atomic mass is 10.1. The molecule has 0 saturated carbocycles. The first-order valence-corrected chi connectivity index (χ1v) is 4.71. The Morgan fingerprint density at radius 1 is 1.56 bits per heavy atom. The molecule has 5 nitrogen and oxygen atoms in total. The summed E-state index contributed by atoms with van der Waals surface area (Å²) in [5.74, 6) is -0.827. The van der Waals surface area contributed by atoms with Crippen LogP contribution >= 0.6 is 0 Å². The summed E-state index contributed by atoms with van der Waals surface area (Å²) in [6.07, 6.45) is 1.79. The van der Waals surface area contributed by atoms with Crippen LogP contribution in [0.5, 0.6) is 5.75 Å². The zero-order valence-corrected chi connectivity index (χ0v) is 9.02. The Balaban J connectivity index is 2.93. The molecule has 0 saturated heterocycles. The molecular formula is C11H12N2O3. The number of aromatic carboxylic acids is 1. The van der Waals surface area contributed by atoms with Gasteiger partial charge < -0.3 is 20.1 Å². The number of nitrogens with two attached hydrogens (primary N) is 1. The van der Waals surface area contributed by atoms with Crippen LogP contribution in [-0.2, 0) is 7.05 Å². The number of methoxy groups -OCH3 is 1. The van der Waals surface area contributed by atoms with Crippen LogP contribution in [-0.4, -0.2) is 22.8 Å². The third-order valence-electron chi connectivity index (χ3n) is 2.59. The van der Waals surface area contributed by atoms with E-state index in [0.717, 1.165) is 5.52 Å². The minimum absolute atomic E-state index is 0.109. The largest absolute Gasteiger partial charge is 0.494 e. The molecule has 0 spiro atoms. The van der Waals surface area contributed by atoms with Crippen LogP contribution in [0.2, 0.25) is 0 Å². The number of anilines is 1. The molecule has 0 atom stereocenters. The summed E-state index contributed by atoms with van der Waals surface area (Å²) in [6.45, 7) is 0. The monoisotopic (exact) mass is 220 g/mol. The fourth-order valence-corrected chi connectivity index (χ4v) is 1.84. The summed E-state index contributed by atoms with van der Waals surface area (Å²) in [7, 11) is 3.24. The van der Waals surface area contributed by atoms with Gasteiger partial charge in [0.15, 0.2) is 5.75 Å². The lowest BCUT2D eigenvalue weighted by Gasteiger charge is -2.10. The van der Waals surface area contributed by atoms with Gasteiger partial charge in [-0.2, -0.15) is 0 Å². The van der Waals surface area contributed by atoms with Crippen LogP contribution in [0.1, 0.15) is 10.4 Å². The lowest BCUT2D eigenvalue weighted by Crippen LogP contribution is -2.04. The molecule has 0 aliphatic heterocycles. The molecule has 3 N–H and O–H groups in total. The summed E-state index contributed by atoms with van der Waals surface area (Å²) >= 11 is 0. The van der Waals surface area contributed by atoms with Crippen molar-refractivity contribution < 1.29 is 14.6 Å². The quantitative estimate of drug-likeness (QED) is 0.751. The summed E-state index contributed by atoms with van der Waals surface area (Å²) in [5, 5.41) is 9.81. The number of rotatable bonds is 2. The molecule has 0 fully saturated rings. The maximum Gasteiger partial charge on any atom is 0.340 e. The highest BCUT2D eigenvalue weighted by molar-refractivity contribution is 6.08. The van der Waals surface area contributed by atoms with E-state index in [4.69, 9.17) is 10.5 Å². The number of ether oxygens (including phenoxy) is 1. The van der Waals surface area contributed by atoms with Crippen molar-refractivity contribution in [3.63, 3.8) is 0 Å². The molecular weight excluding hydrogens is 208 g/mol. The molecule has 0 unspecified atom stereocenters. The first-order chi connectivity index (χ1) is 7.56. The van der Waals surface area contributed by atoms with Crippen molar-refractivity contribution in [2.24, 2.45) is 7.05 Å². The van der Waals surface area contributed by atoms with E-state index in [0.29, 0.717) is 11.1 Å². The van der Waals surface area contributed by atoms with Gasteiger partial charge in [-0.25, -0.2) is 4.79 Å². The van der Waals surface area contributed by atoms with E-state index >= 15 is 0 Å². The van der Waals surface area contributed by atoms with Crippen LogP contribution in [0.3, 0.4) is 0 Å². The maximum absolute atomic E-state index is 11.2. The number of aromatic nitrogens is 1. The molecule has 0 amide bonds. The Bertz CT molecular complexity index is 572. The number of nitrogen functional groups attached to an aromatic ring is 1. The van der Waals surface area contributed by atoms with Crippen LogP contribution in [0.25, 0.3) is 10.9 Å². The van der Waals surface area contributed by atoms with Gasteiger partial charge >= 0.3 is 5.97 Å². The Morgan fingerprint density at radius 3 is 2.81 bits per heavy atom.